The first kappa shape index (κ1) is 31.6. The van der Waals surface area contributed by atoms with Crippen LogP contribution in [0.15, 0.2) is 205 Å². The van der Waals surface area contributed by atoms with Gasteiger partial charge in [0.1, 0.15) is 22.7 Å². The third-order valence-electron chi connectivity index (χ3n) is 12.7. The monoisotopic (exact) mass is 739 g/mol. The van der Waals surface area contributed by atoms with Crippen LogP contribution in [0.3, 0.4) is 0 Å². The lowest BCUT2D eigenvalue weighted by molar-refractivity contribution is 0.435. The molecule has 0 saturated carbocycles. The molecule has 0 N–H and O–H groups in total. The van der Waals surface area contributed by atoms with Gasteiger partial charge in [-0.2, -0.15) is 0 Å². The maximum Gasteiger partial charge on any atom is 0.143 e. The van der Waals surface area contributed by atoms with E-state index >= 15 is 0 Å². The van der Waals surface area contributed by atoms with Crippen LogP contribution in [0, 0.1) is 0 Å². The fourth-order valence-corrected chi connectivity index (χ4v) is 10.2. The molecule has 1 aromatic heterocycles. The average Bonchev–Trinajstić information content (AvgIpc) is 3.66. The van der Waals surface area contributed by atoms with Crippen LogP contribution in [-0.4, -0.2) is 0 Å². The molecule has 1 aliphatic heterocycles. The van der Waals surface area contributed by atoms with Crippen molar-refractivity contribution in [2.24, 2.45) is 0 Å². The summed E-state index contributed by atoms with van der Waals surface area (Å²) in [7, 11) is 0. The van der Waals surface area contributed by atoms with Crippen LogP contribution in [0.1, 0.15) is 22.3 Å². The van der Waals surface area contributed by atoms with Crippen LogP contribution in [0.5, 0.6) is 11.5 Å². The number of hydrogen-bond donors (Lipinski definition) is 0. The van der Waals surface area contributed by atoms with Gasteiger partial charge < -0.3 is 14.1 Å². The molecule has 3 nitrogen and oxygen atoms in total. The van der Waals surface area contributed by atoms with Crippen LogP contribution in [0.25, 0.3) is 65.4 Å². The number of hydrogen-bond acceptors (Lipinski definition) is 3. The van der Waals surface area contributed by atoms with Crippen LogP contribution < -0.4 is 9.64 Å². The zero-order chi connectivity index (χ0) is 38.0. The maximum absolute atomic E-state index is 6.90. The standard InChI is InChI=1S/C55H33NO2/c1-2-13-37-31-38(25-23-34(37)11-1)56(40-26-29-43-45-28-24-35-12-3-4-16-41(35)54(45)58-52(43)33-40)39-27-30-51-49(32-39)55(47-20-7-8-22-50(47)57-51)46-19-6-5-17-42(46)44-18-9-14-36-15-10-21-48(55)53(36)44/h1-33H. The molecule has 1 spiro atoms. The third-order valence-corrected chi connectivity index (χ3v) is 12.7. The van der Waals surface area contributed by atoms with Crippen LogP contribution in [-0.2, 0) is 5.41 Å². The van der Waals surface area contributed by atoms with Crippen molar-refractivity contribution >= 4 is 71.3 Å². The Bertz CT molecular complexity index is 3520. The second-order valence-corrected chi connectivity index (χ2v) is 15.6. The highest BCUT2D eigenvalue weighted by Crippen LogP contribution is 2.61. The Morgan fingerprint density at radius 1 is 0.362 bits per heavy atom. The minimum Gasteiger partial charge on any atom is -0.457 e. The second-order valence-electron chi connectivity index (χ2n) is 15.6. The second kappa shape index (κ2) is 11.7. The summed E-state index contributed by atoms with van der Waals surface area (Å²) in [5.41, 5.74) is 11.5. The summed E-state index contributed by atoms with van der Waals surface area (Å²) in [5.74, 6) is 1.73. The lowest BCUT2D eigenvalue weighted by atomic mass is 9.58. The van der Waals surface area contributed by atoms with E-state index < -0.39 is 5.41 Å². The van der Waals surface area contributed by atoms with Crippen molar-refractivity contribution in [3.8, 4) is 22.6 Å². The van der Waals surface area contributed by atoms with Crippen molar-refractivity contribution in [3.05, 3.63) is 222 Å². The SMILES string of the molecule is c1ccc2c(c1)Oc1ccc(N(c3ccc4ccccc4c3)c3ccc4c(c3)oc3c5ccccc5ccc43)cc1C21c2ccccc2-c2cccc3cccc1c23. The number of furan rings is 1. The lowest BCUT2D eigenvalue weighted by Crippen LogP contribution is -2.36. The van der Waals surface area contributed by atoms with Gasteiger partial charge in [0.05, 0.1) is 5.41 Å². The Labute approximate surface area is 334 Å². The fraction of sp³-hybridized carbons (Fsp3) is 0.0182. The first-order valence-corrected chi connectivity index (χ1v) is 19.9. The van der Waals surface area contributed by atoms with Crippen molar-refractivity contribution in [1.29, 1.82) is 0 Å². The Hall–Kier alpha value is -7.62. The molecule has 0 bridgehead atoms. The van der Waals surface area contributed by atoms with Gasteiger partial charge in [0, 0.05) is 50.4 Å². The Morgan fingerprint density at radius 3 is 1.91 bits per heavy atom. The molecule has 0 fully saturated rings. The van der Waals surface area contributed by atoms with Crippen LogP contribution >= 0.6 is 0 Å². The molecule has 10 aromatic carbocycles. The van der Waals surface area contributed by atoms with Gasteiger partial charge in [-0.05, 0) is 104 Å². The minimum absolute atomic E-state index is 0.649. The molecule has 3 heteroatoms. The summed E-state index contributed by atoms with van der Waals surface area (Å²) in [6, 6.07) is 72.6. The molecule has 1 aliphatic carbocycles. The molecular formula is C55H33NO2. The summed E-state index contributed by atoms with van der Waals surface area (Å²) in [6.45, 7) is 0. The van der Waals surface area contributed by atoms with Gasteiger partial charge >= 0.3 is 0 Å². The van der Waals surface area contributed by atoms with E-state index in [1.165, 1.54) is 49.2 Å². The van der Waals surface area contributed by atoms with Gasteiger partial charge in [0.2, 0.25) is 0 Å². The van der Waals surface area contributed by atoms with E-state index in [2.05, 4.69) is 205 Å². The van der Waals surface area contributed by atoms with E-state index in [4.69, 9.17) is 9.15 Å². The quantitative estimate of drug-likeness (QED) is 0.180. The van der Waals surface area contributed by atoms with E-state index in [9.17, 15) is 0 Å². The molecule has 13 rings (SSSR count). The van der Waals surface area contributed by atoms with Crippen LogP contribution in [0.2, 0.25) is 0 Å². The topological polar surface area (TPSA) is 25.6 Å². The normalized spacial score (nSPS) is 15.1. The Morgan fingerprint density at radius 2 is 0.983 bits per heavy atom. The average molecular weight is 740 g/mol. The molecule has 270 valence electrons. The summed E-state index contributed by atoms with van der Waals surface area (Å²) in [5, 5.41) is 9.40. The summed E-state index contributed by atoms with van der Waals surface area (Å²) < 4.78 is 13.7. The minimum atomic E-state index is -0.649. The van der Waals surface area contributed by atoms with Gasteiger partial charge in [0.25, 0.3) is 0 Å². The molecule has 0 saturated heterocycles. The van der Waals surface area contributed by atoms with E-state index in [-0.39, 0.29) is 0 Å². The summed E-state index contributed by atoms with van der Waals surface area (Å²) >= 11 is 0. The van der Waals surface area contributed by atoms with Gasteiger partial charge in [-0.15, -0.1) is 0 Å². The van der Waals surface area contributed by atoms with Crippen molar-refractivity contribution < 1.29 is 9.15 Å². The summed E-state index contributed by atoms with van der Waals surface area (Å²) in [6.07, 6.45) is 0. The van der Waals surface area contributed by atoms with Crippen LogP contribution in [0.4, 0.5) is 17.1 Å². The Balaban J connectivity index is 1.10. The fourth-order valence-electron chi connectivity index (χ4n) is 10.2. The molecule has 0 radical (unpaired) electrons. The highest BCUT2D eigenvalue weighted by molar-refractivity contribution is 6.15. The molecule has 11 aromatic rings. The first-order chi connectivity index (χ1) is 28.7. The van der Waals surface area contributed by atoms with Gasteiger partial charge in [0.15, 0.2) is 0 Å². The van der Waals surface area contributed by atoms with Gasteiger partial charge in [-0.25, -0.2) is 0 Å². The molecular weight excluding hydrogens is 707 g/mol. The van der Waals surface area contributed by atoms with E-state index in [0.717, 1.165) is 67.0 Å². The molecule has 1 atom stereocenters. The Kier molecular flexibility index (Phi) is 6.37. The zero-order valence-corrected chi connectivity index (χ0v) is 31.3. The van der Waals surface area contributed by atoms with E-state index in [1.54, 1.807) is 0 Å². The number of ether oxygens (including phenoxy) is 1. The van der Waals surface area contributed by atoms with Gasteiger partial charge in [-0.1, -0.05) is 140 Å². The maximum atomic E-state index is 6.90. The molecule has 1 unspecified atom stereocenters. The lowest BCUT2D eigenvalue weighted by Gasteiger charge is -2.45. The molecule has 2 heterocycles. The predicted molar refractivity (Wildman–Crippen MR) is 238 cm³/mol. The number of para-hydroxylation sites is 1. The predicted octanol–water partition coefficient (Wildman–Crippen LogP) is 15.0. The smallest absolute Gasteiger partial charge is 0.143 e. The third kappa shape index (κ3) is 4.22. The van der Waals surface area contributed by atoms with Gasteiger partial charge in [-0.3, -0.25) is 0 Å². The molecule has 2 aliphatic rings. The highest BCUT2D eigenvalue weighted by atomic mass is 16.5. The number of nitrogens with zero attached hydrogens (tertiary/aromatic N) is 1. The van der Waals surface area contributed by atoms with Crippen molar-refractivity contribution in [2.45, 2.75) is 5.41 Å². The zero-order valence-electron chi connectivity index (χ0n) is 31.3. The first-order valence-electron chi connectivity index (χ1n) is 19.9. The van der Waals surface area contributed by atoms with Crippen molar-refractivity contribution in [1.82, 2.24) is 0 Å². The molecule has 58 heavy (non-hydrogen) atoms. The highest BCUT2D eigenvalue weighted by Gasteiger charge is 2.49. The summed E-state index contributed by atoms with van der Waals surface area (Å²) in [4.78, 5) is 2.37. The van der Waals surface area contributed by atoms with Crippen molar-refractivity contribution in [2.75, 3.05) is 4.90 Å². The van der Waals surface area contributed by atoms with E-state index in [1.807, 2.05) is 0 Å². The number of anilines is 3. The van der Waals surface area contributed by atoms with E-state index in [0.29, 0.717) is 0 Å². The molecule has 0 amide bonds. The largest absolute Gasteiger partial charge is 0.457 e. The number of benzene rings is 10. The van der Waals surface area contributed by atoms with Crippen molar-refractivity contribution in [3.63, 3.8) is 0 Å². The number of fused-ring (bicyclic) bond motifs is 14. The number of rotatable bonds is 3.